The third-order valence-corrected chi connectivity index (χ3v) is 9.30. The highest BCUT2D eigenvalue weighted by atomic mass is 16.5. The average molecular weight is 577 g/mol. The molecule has 2 aliphatic rings. The van der Waals surface area contributed by atoms with Crippen molar-refractivity contribution in [3.63, 3.8) is 0 Å². The van der Waals surface area contributed by atoms with Crippen LogP contribution in [0.25, 0.3) is 0 Å². The minimum atomic E-state index is 0.177. The van der Waals surface area contributed by atoms with Crippen LogP contribution in [0.15, 0.2) is 115 Å². The van der Waals surface area contributed by atoms with Crippen LogP contribution < -0.4 is 26.2 Å². The number of ether oxygens (including phenoxy) is 1. The monoisotopic (exact) mass is 576 g/mol. The number of aryl methyl sites for hydroxylation is 2. The van der Waals surface area contributed by atoms with Crippen LogP contribution in [-0.2, 0) is 11.2 Å². The van der Waals surface area contributed by atoms with Crippen molar-refractivity contribution in [3.8, 4) is 0 Å². The quantitative estimate of drug-likeness (QED) is 0.113. The van der Waals surface area contributed by atoms with E-state index in [-0.39, 0.29) is 6.71 Å². The number of hydrogen-bond acceptors (Lipinski definition) is 3. The van der Waals surface area contributed by atoms with Gasteiger partial charge in [0.05, 0.1) is 0 Å². The Morgan fingerprint density at radius 1 is 0.545 bits per heavy atom. The van der Waals surface area contributed by atoms with E-state index in [1.807, 2.05) is 0 Å². The van der Waals surface area contributed by atoms with E-state index in [0.29, 0.717) is 0 Å². The first kappa shape index (κ1) is 28.5. The molecule has 2 aliphatic heterocycles. The molecule has 2 heterocycles. The molecule has 220 valence electrons. The van der Waals surface area contributed by atoms with Gasteiger partial charge in [-0.25, -0.2) is 0 Å². The van der Waals surface area contributed by atoms with Crippen molar-refractivity contribution in [1.82, 2.24) is 0 Å². The van der Waals surface area contributed by atoms with E-state index in [0.717, 1.165) is 13.0 Å². The van der Waals surface area contributed by atoms with Crippen LogP contribution in [0.1, 0.15) is 49.7 Å². The van der Waals surface area contributed by atoms with E-state index in [2.05, 4.69) is 132 Å². The number of benzene rings is 5. The molecule has 0 saturated heterocycles. The van der Waals surface area contributed by atoms with Crippen molar-refractivity contribution in [1.29, 1.82) is 0 Å². The zero-order valence-electron chi connectivity index (χ0n) is 26.0. The lowest BCUT2D eigenvalue weighted by molar-refractivity contribution is 0.192. The Balaban J connectivity index is 1.27. The Bertz CT molecular complexity index is 1750. The lowest BCUT2D eigenvalue weighted by Gasteiger charge is -2.44. The molecule has 0 bridgehead atoms. The largest absolute Gasteiger partial charge is 0.385 e. The zero-order chi connectivity index (χ0) is 29.9. The number of para-hydroxylation sites is 2. The normalized spacial score (nSPS) is 13.0. The summed E-state index contributed by atoms with van der Waals surface area (Å²) in [4.78, 5) is 4.97. The summed E-state index contributed by atoms with van der Waals surface area (Å²) in [5.74, 6) is 0. The number of hydrogen-bond donors (Lipinski definition) is 0. The van der Waals surface area contributed by atoms with E-state index >= 15 is 0 Å². The summed E-state index contributed by atoms with van der Waals surface area (Å²) in [5.41, 5.74) is 14.3. The summed E-state index contributed by atoms with van der Waals surface area (Å²) in [5, 5.41) is 0. The second-order valence-electron chi connectivity index (χ2n) is 12.3. The number of nitrogens with zero attached hydrogens (tertiary/aromatic N) is 2. The summed E-state index contributed by atoms with van der Waals surface area (Å²) in [6.45, 7) is 3.26. The number of rotatable bonds is 11. The third kappa shape index (κ3) is 5.33. The maximum absolute atomic E-state index is 5.19. The molecule has 0 radical (unpaired) electrons. The molecular weight excluding hydrogens is 535 g/mol. The van der Waals surface area contributed by atoms with Gasteiger partial charge in [-0.05, 0) is 102 Å². The van der Waals surface area contributed by atoms with Crippen LogP contribution in [0.2, 0.25) is 0 Å². The SMILES string of the molecule is COCCCCCCCCc1cccc(N2c3ccccc3B3c4ccc(C)cc4N(c4ccccc4)c4cccc2c43)c1. The molecule has 0 atom stereocenters. The number of fused-ring (bicyclic) bond motifs is 4. The van der Waals surface area contributed by atoms with Crippen LogP contribution in [0, 0.1) is 6.92 Å². The van der Waals surface area contributed by atoms with Crippen molar-refractivity contribution in [2.75, 3.05) is 23.5 Å². The molecule has 0 fully saturated rings. The lowest BCUT2D eigenvalue weighted by Crippen LogP contribution is -2.61. The van der Waals surface area contributed by atoms with Gasteiger partial charge >= 0.3 is 0 Å². The van der Waals surface area contributed by atoms with Gasteiger partial charge in [0.15, 0.2) is 0 Å². The van der Waals surface area contributed by atoms with Gasteiger partial charge < -0.3 is 14.5 Å². The Kier molecular flexibility index (Phi) is 8.26. The topological polar surface area (TPSA) is 15.7 Å². The number of anilines is 6. The minimum Gasteiger partial charge on any atom is -0.385 e. The molecule has 0 saturated carbocycles. The maximum Gasteiger partial charge on any atom is 0.252 e. The fraction of sp³-hybridized carbons (Fsp3) is 0.250. The third-order valence-electron chi connectivity index (χ3n) is 9.30. The van der Waals surface area contributed by atoms with Gasteiger partial charge in [0.2, 0.25) is 0 Å². The first-order chi connectivity index (χ1) is 21.7. The predicted octanol–water partition coefficient (Wildman–Crippen LogP) is 8.61. The second-order valence-corrected chi connectivity index (χ2v) is 12.3. The van der Waals surface area contributed by atoms with Crippen molar-refractivity contribution >= 4 is 57.2 Å². The molecule has 0 aromatic heterocycles. The average Bonchev–Trinajstić information content (AvgIpc) is 3.06. The molecule has 0 unspecified atom stereocenters. The van der Waals surface area contributed by atoms with E-state index in [4.69, 9.17) is 4.74 Å². The van der Waals surface area contributed by atoms with Crippen LogP contribution >= 0.6 is 0 Å². The molecule has 5 aromatic carbocycles. The van der Waals surface area contributed by atoms with E-state index in [9.17, 15) is 0 Å². The summed E-state index contributed by atoms with van der Waals surface area (Å²) in [6.07, 6.45) is 8.68. The lowest BCUT2D eigenvalue weighted by atomic mass is 9.33. The smallest absolute Gasteiger partial charge is 0.252 e. The molecule has 7 rings (SSSR count). The van der Waals surface area contributed by atoms with Crippen LogP contribution in [0.4, 0.5) is 34.1 Å². The molecule has 0 spiro atoms. The van der Waals surface area contributed by atoms with Gasteiger partial charge in [-0.3, -0.25) is 0 Å². The highest BCUT2D eigenvalue weighted by molar-refractivity contribution is 7.00. The van der Waals surface area contributed by atoms with Gasteiger partial charge in [-0.15, -0.1) is 0 Å². The standard InChI is InChI=1S/C40H41BN2O/c1-30-25-26-35-39(28-30)42(32-18-9-7-10-19-32)37-23-15-24-38-40(37)41(35)34-21-11-12-22-36(34)43(38)33-20-14-17-31(29-33)16-8-5-3-4-6-13-27-44-2/h7,9-12,14-15,17-26,28-29H,3-6,8,13,16,27H2,1-2H3. The Hall–Kier alpha value is -4.28. The Morgan fingerprint density at radius 2 is 1.18 bits per heavy atom. The van der Waals surface area contributed by atoms with E-state index in [1.165, 1.54) is 100 Å². The fourth-order valence-corrected chi connectivity index (χ4v) is 7.26. The van der Waals surface area contributed by atoms with Crippen molar-refractivity contribution in [3.05, 3.63) is 126 Å². The predicted molar refractivity (Wildman–Crippen MR) is 188 cm³/mol. The molecule has 0 amide bonds. The summed E-state index contributed by atoms with van der Waals surface area (Å²) in [6, 6.07) is 43.0. The summed E-state index contributed by atoms with van der Waals surface area (Å²) >= 11 is 0. The summed E-state index contributed by atoms with van der Waals surface area (Å²) in [7, 11) is 1.79. The van der Waals surface area contributed by atoms with Crippen LogP contribution in [0.5, 0.6) is 0 Å². The molecule has 3 nitrogen and oxygen atoms in total. The number of unbranched alkanes of at least 4 members (excludes halogenated alkanes) is 5. The zero-order valence-corrected chi connectivity index (χ0v) is 26.0. The molecular formula is C40H41BN2O. The fourth-order valence-electron chi connectivity index (χ4n) is 7.26. The van der Waals surface area contributed by atoms with Crippen molar-refractivity contribution < 1.29 is 4.74 Å². The summed E-state index contributed by atoms with van der Waals surface area (Å²) < 4.78 is 5.19. The van der Waals surface area contributed by atoms with Crippen LogP contribution in [0.3, 0.4) is 0 Å². The number of methoxy groups -OCH3 is 1. The first-order valence-corrected chi connectivity index (χ1v) is 16.3. The highest BCUT2D eigenvalue weighted by Gasteiger charge is 2.42. The van der Waals surface area contributed by atoms with E-state index in [1.54, 1.807) is 7.11 Å². The highest BCUT2D eigenvalue weighted by Crippen LogP contribution is 2.43. The Morgan fingerprint density at radius 3 is 2.00 bits per heavy atom. The molecule has 5 aromatic rings. The van der Waals surface area contributed by atoms with Crippen molar-refractivity contribution in [2.45, 2.75) is 51.9 Å². The molecule has 44 heavy (non-hydrogen) atoms. The van der Waals surface area contributed by atoms with Gasteiger partial charge in [-0.2, -0.15) is 0 Å². The maximum atomic E-state index is 5.19. The van der Waals surface area contributed by atoms with Gasteiger partial charge in [0.25, 0.3) is 6.71 Å². The second kappa shape index (κ2) is 12.8. The van der Waals surface area contributed by atoms with Gasteiger partial charge in [0, 0.05) is 47.8 Å². The Labute approximate surface area is 263 Å². The minimum absolute atomic E-state index is 0.177. The molecule has 0 aliphatic carbocycles. The van der Waals surface area contributed by atoms with E-state index < -0.39 is 0 Å². The first-order valence-electron chi connectivity index (χ1n) is 16.3. The van der Waals surface area contributed by atoms with Crippen LogP contribution in [-0.4, -0.2) is 20.4 Å². The van der Waals surface area contributed by atoms with Gasteiger partial charge in [0.1, 0.15) is 0 Å². The van der Waals surface area contributed by atoms with Crippen molar-refractivity contribution in [2.24, 2.45) is 0 Å². The molecule has 4 heteroatoms. The van der Waals surface area contributed by atoms with Gasteiger partial charge in [-0.1, -0.05) is 92.4 Å². The molecule has 0 N–H and O–H groups in total.